The summed E-state index contributed by atoms with van der Waals surface area (Å²) in [6.07, 6.45) is 7.15. The Morgan fingerprint density at radius 3 is 2.38 bits per heavy atom. The fourth-order valence-corrected chi connectivity index (χ4v) is 4.46. The predicted octanol–water partition coefficient (Wildman–Crippen LogP) is 3.16. The van der Waals surface area contributed by atoms with Crippen LogP contribution in [0.2, 0.25) is 0 Å². The van der Waals surface area contributed by atoms with E-state index >= 15 is 0 Å². The Morgan fingerprint density at radius 2 is 1.76 bits per heavy atom. The van der Waals surface area contributed by atoms with Crippen LogP contribution in [0.15, 0.2) is 34.9 Å². The first-order valence-corrected chi connectivity index (χ1v) is 12.8. The second kappa shape index (κ2) is 12.5. The van der Waals surface area contributed by atoms with Gasteiger partial charge in [0.1, 0.15) is 18.8 Å². The number of carbonyl (C=O) groups excluding carboxylic acids is 2. The van der Waals surface area contributed by atoms with Crippen molar-refractivity contribution in [1.82, 2.24) is 0 Å². The number of aliphatic hydroxyl groups is 3. The molecule has 2 aliphatic rings. The average Bonchev–Trinajstić information content (AvgIpc) is 3.48. The maximum absolute atomic E-state index is 12.8. The molecule has 37 heavy (non-hydrogen) atoms. The molecular weight excluding hydrogens is 480 g/mol. The van der Waals surface area contributed by atoms with Gasteiger partial charge >= 0.3 is 11.9 Å². The van der Waals surface area contributed by atoms with Crippen LogP contribution in [0.25, 0.3) is 0 Å². The van der Waals surface area contributed by atoms with Crippen molar-refractivity contribution in [2.24, 2.45) is 0 Å². The molecular formula is C28H42O9. The third-order valence-electron chi connectivity index (χ3n) is 6.74. The summed E-state index contributed by atoms with van der Waals surface area (Å²) in [4.78, 5) is 35.6. The summed E-state index contributed by atoms with van der Waals surface area (Å²) in [6, 6.07) is 0. The van der Waals surface area contributed by atoms with E-state index in [0.717, 1.165) is 37.7 Å². The summed E-state index contributed by atoms with van der Waals surface area (Å²) < 4.78 is 10.7. The predicted molar refractivity (Wildman–Crippen MR) is 137 cm³/mol. The van der Waals surface area contributed by atoms with Crippen LogP contribution in [0.1, 0.15) is 86.0 Å². The molecule has 9 heteroatoms. The Bertz CT molecular complexity index is 951. The monoisotopic (exact) mass is 522 g/mol. The van der Waals surface area contributed by atoms with Gasteiger partial charge in [-0.25, -0.2) is 0 Å². The molecule has 0 aromatic rings. The molecule has 1 aliphatic heterocycles. The number of ether oxygens (including phenoxy) is 2. The smallest absolute Gasteiger partial charge is 0.309 e. The number of esters is 1. The van der Waals surface area contributed by atoms with E-state index in [1.807, 2.05) is 26.8 Å². The molecule has 1 saturated heterocycles. The van der Waals surface area contributed by atoms with Crippen LogP contribution in [0.4, 0.5) is 0 Å². The molecule has 208 valence electrons. The highest BCUT2D eigenvalue weighted by molar-refractivity contribution is 6.02. The lowest BCUT2D eigenvalue weighted by Crippen LogP contribution is -2.38. The van der Waals surface area contributed by atoms with Crippen LogP contribution in [-0.4, -0.2) is 73.8 Å². The van der Waals surface area contributed by atoms with Crippen molar-refractivity contribution in [3.05, 3.63) is 34.9 Å². The van der Waals surface area contributed by atoms with Crippen LogP contribution < -0.4 is 0 Å². The van der Waals surface area contributed by atoms with Gasteiger partial charge in [0.2, 0.25) is 0 Å². The standard InChI is InChI=1S/C28H42O9/c1-18(10-7-12-26(3,4)34)8-6-9-19(2)11-13-28-21(29)14-20(24(33)25(28)37-28)17-36-23(32)16-27(5,35)15-22(30)31/h8,11,14,24-25,33-35H,6-7,9-10,12-13,15-17H2,1-5H3,(H,30,31)/b18-8+,19-11+/t24-,25-,27?,28+/m1/s1. The Balaban J connectivity index is 1.83. The lowest BCUT2D eigenvalue weighted by molar-refractivity contribution is -0.151. The van der Waals surface area contributed by atoms with Gasteiger partial charge in [0.25, 0.3) is 0 Å². The summed E-state index contributed by atoms with van der Waals surface area (Å²) >= 11 is 0. The number of carbonyl (C=O) groups is 3. The van der Waals surface area contributed by atoms with Crippen molar-refractivity contribution in [3.63, 3.8) is 0 Å². The van der Waals surface area contributed by atoms with Crippen LogP contribution in [0.5, 0.6) is 0 Å². The van der Waals surface area contributed by atoms with Gasteiger partial charge in [-0.05, 0) is 72.8 Å². The third-order valence-corrected chi connectivity index (χ3v) is 6.74. The molecule has 9 nitrogen and oxygen atoms in total. The number of carboxylic acid groups (broad SMARTS) is 1. The highest BCUT2D eigenvalue weighted by atomic mass is 16.6. The lowest BCUT2D eigenvalue weighted by atomic mass is 9.84. The Labute approximate surface area is 218 Å². The van der Waals surface area contributed by atoms with Gasteiger partial charge in [0, 0.05) is 12.0 Å². The van der Waals surface area contributed by atoms with Gasteiger partial charge in [-0.15, -0.1) is 0 Å². The molecule has 4 atom stereocenters. The maximum Gasteiger partial charge on any atom is 0.309 e. The van der Waals surface area contributed by atoms with Gasteiger partial charge in [0.15, 0.2) is 11.4 Å². The molecule has 4 N–H and O–H groups in total. The minimum atomic E-state index is -1.76. The van der Waals surface area contributed by atoms with Crippen LogP contribution in [0, 0.1) is 0 Å². The van der Waals surface area contributed by atoms with Crippen molar-refractivity contribution < 1.29 is 44.3 Å². The van der Waals surface area contributed by atoms with Gasteiger partial charge in [-0.2, -0.15) is 0 Å². The third kappa shape index (κ3) is 9.81. The number of epoxide rings is 1. The summed E-state index contributed by atoms with van der Waals surface area (Å²) in [5.74, 6) is -2.37. The summed E-state index contributed by atoms with van der Waals surface area (Å²) in [7, 11) is 0. The number of fused-ring (bicyclic) bond motifs is 1. The molecule has 1 fully saturated rings. The number of aliphatic hydroxyl groups excluding tert-OH is 1. The highest BCUT2D eigenvalue weighted by Crippen LogP contribution is 2.48. The Kier molecular flexibility index (Phi) is 10.4. The number of ketones is 1. The maximum atomic E-state index is 12.8. The molecule has 0 bridgehead atoms. The molecule has 0 aromatic carbocycles. The molecule has 0 aromatic heterocycles. The fraction of sp³-hybridized carbons (Fsp3) is 0.679. The van der Waals surface area contributed by atoms with Gasteiger partial charge in [0.05, 0.1) is 24.0 Å². The minimum Gasteiger partial charge on any atom is -0.481 e. The molecule has 0 radical (unpaired) electrons. The summed E-state index contributed by atoms with van der Waals surface area (Å²) in [5.41, 5.74) is -0.887. The molecule has 1 aliphatic carbocycles. The normalized spacial score (nSPS) is 25.7. The highest BCUT2D eigenvalue weighted by Gasteiger charge is 2.66. The van der Waals surface area contributed by atoms with Crippen LogP contribution in [-0.2, 0) is 23.9 Å². The summed E-state index contributed by atoms with van der Waals surface area (Å²) in [6.45, 7) is 8.59. The van der Waals surface area contributed by atoms with E-state index in [4.69, 9.17) is 14.6 Å². The van der Waals surface area contributed by atoms with Crippen molar-refractivity contribution >= 4 is 17.7 Å². The van der Waals surface area contributed by atoms with E-state index in [-0.39, 0.29) is 18.0 Å². The quantitative estimate of drug-likeness (QED) is 0.144. The SMILES string of the molecule is C/C(=C\C[C@@]12O[C@@H]1[C@H](O)C(COC(=O)CC(C)(O)CC(=O)O)=CC2=O)CC/C=C(\C)CCCC(C)(C)O. The van der Waals surface area contributed by atoms with E-state index in [0.29, 0.717) is 6.42 Å². The van der Waals surface area contributed by atoms with Crippen molar-refractivity contribution in [2.45, 2.75) is 115 Å². The molecule has 2 rings (SSSR count). The zero-order valence-electron chi connectivity index (χ0n) is 22.6. The second-order valence-electron chi connectivity index (χ2n) is 11.4. The Morgan fingerprint density at radius 1 is 1.11 bits per heavy atom. The minimum absolute atomic E-state index is 0.209. The van der Waals surface area contributed by atoms with Gasteiger partial charge in [-0.1, -0.05) is 23.3 Å². The molecule has 0 spiro atoms. The largest absolute Gasteiger partial charge is 0.481 e. The zero-order chi connectivity index (χ0) is 28.0. The van der Waals surface area contributed by atoms with Crippen LogP contribution >= 0.6 is 0 Å². The van der Waals surface area contributed by atoms with E-state index < -0.39 is 53.8 Å². The molecule has 1 unspecified atom stereocenters. The topological polar surface area (TPSA) is 154 Å². The number of allylic oxidation sites excluding steroid dienone is 3. The van der Waals surface area contributed by atoms with Crippen molar-refractivity contribution in [1.29, 1.82) is 0 Å². The van der Waals surface area contributed by atoms with Gasteiger partial charge in [-0.3, -0.25) is 14.4 Å². The van der Waals surface area contributed by atoms with E-state index in [9.17, 15) is 29.7 Å². The van der Waals surface area contributed by atoms with Crippen molar-refractivity contribution in [2.75, 3.05) is 6.61 Å². The number of aliphatic carboxylic acids is 1. The first kappa shape index (κ1) is 30.9. The Hall–Kier alpha value is -2.33. The van der Waals surface area contributed by atoms with E-state index in [2.05, 4.69) is 13.0 Å². The number of rotatable bonds is 15. The first-order chi connectivity index (χ1) is 17.0. The first-order valence-electron chi connectivity index (χ1n) is 12.8. The summed E-state index contributed by atoms with van der Waals surface area (Å²) in [5, 5.41) is 39.2. The van der Waals surface area contributed by atoms with E-state index in [1.54, 1.807) is 0 Å². The number of carboxylic acids is 1. The molecule has 0 saturated carbocycles. The van der Waals surface area contributed by atoms with Gasteiger partial charge < -0.3 is 29.9 Å². The van der Waals surface area contributed by atoms with Crippen molar-refractivity contribution in [3.8, 4) is 0 Å². The molecule has 1 heterocycles. The lowest BCUT2D eigenvalue weighted by Gasteiger charge is -2.22. The average molecular weight is 523 g/mol. The molecule has 0 amide bonds. The van der Waals surface area contributed by atoms with E-state index in [1.165, 1.54) is 18.6 Å². The zero-order valence-corrected chi connectivity index (χ0v) is 22.6. The number of hydrogen-bond acceptors (Lipinski definition) is 8. The number of hydrogen-bond donors (Lipinski definition) is 4. The second-order valence-corrected chi connectivity index (χ2v) is 11.4. The van der Waals surface area contributed by atoms with Crippen LogP contribution in [0.3, 0.4) is 0 Å². The fourth-order valence-electron chi connectivity index (χ4n) is 4.46.